The molecule has 0 radical (unpaired) electrons. The zero-order chi connectivity index (χ0) is 19.3. The zero-order valence-corrected chi connectivity index (χ0v) is 15.8. The molecule has 1 N–H and O–H groups in total. The third-order valence-corrected chi connectivity index (χ3v) is 4.76. The van der Waals surface area contributed by atoms with Crippen molar-refractivity contribution in [1.29, 1.82) is 0 Å². The number of nitrogens with zero attached hydrogens (tertiary/aromatic N) is 4. The van der Waals surface area contributed by atoms with Gasteiger partial charge in [-0.2, -0.15) is 0 Å². The molecule has 1 fully saturated rings. The van der Waals surface area contributed by atoms with E-state index < -0.39 is 0 Å². The van der Waals surface area contributed by atoms with Crippen molar-refractivity contribution in [3.63, 3.8) is 0 Å². The van der Waals surface area contributed by atoms with Crippen LogP contribution in [0.5, 0.6) is 0 Å². The molecule has 1 aliphatic heterocycles. The first kappa shape index (κ1) is 18.0. The Hall–Kier alpha value is -3.35. The summed E-state index contributed by atoms with van der Waals surface area (Å²) in [6.45, 7) is 5.32. The van der Waals surface area contributed by atoms with Crippen molar-refractivity contribution in [2.45, 2.75) is 13.5 Å². The molecule has 7 heteroatoms. The Kier molecular flexibility index (Phi) is 5.23. The first-order valence-corrected chi connectivity index (χ1v) is 9.40. The summed E-state index contributed by atoms with van der Waals surface area (Å²) < 4.78 is 5.22. The minimum Gasteiger partial charge on any atom is -0.459 e. The zero-order valence-electron chi connectivity index (χ0n) is 15.8. The summed E-state index contributed by atoms with van der Waals surface area (Å²) in [7, 11) is 0. The predicted molar refractivity (Wildman–Crippen MR) is 107 cm³/mol. The number of rotatable bonds is 5. The van der Waals surface area contributed by atoms with E-state index >= 15 is 0 Å². The number of hydrogen-bond donors (Lipinski definition) is 1. The third kappa shape index (κ3) is 4.14. The van der Waals surface area contributed by atoms with E-state index in [1.165, 1.54) is 11.8 Å². The van der Waals surface area contributed by atoms with Crippen molar-refractivity contribution >= 4 is 17.5 Å². The predicted octanol–water partition coefficient (Wildman–Crippen LogP) is 2.95. The van der Waals surface area contributed by atoms with Crippen LogP contribution < -0.4 is 10.2 Å². The molecule has 144 valence electrons. The maximum atomic E-state index is 12.4. The van der Waals surface area contributed by atoms with E-state index in [1.54, 1.807) is 12.1 Å². The van der Waals surface area contributed by atoms with Gasteiger partial charge < -0.3 is 19.5 Å². The molecule has 1 aromatic carbocycles. The van der Waals surface area contributed by atoms with Crippen molar-refractivity contribution in [1.82, 2.24) is 14.9 Å². The van der Waals surface area contributed by atoms with Gasteiger partial charge in [-0.25, -0.2) is 9.97 Å². The second-order valence-corrected chi connectivity index (χ2v) is 6.75. The molecule has 3 heterocycles. The summed E-state index contributed by atoms with van der Waals surface area (Å²) in [5.41, 5.74) is 1.20. The molecule has 1 saturated heterocycles. The van der Waals surface area contributed by atoms with Crippen LogP contribution in [-0.2, 0) is 6.54 Å². The van der Waals surface area contributed by atoms with E-state index in [9.17, 15) is 4.79 Å². The van der Waals surface area contributed by atoms with Gasteiger partial charge in [0.05, 0.1) is 6.26 Å². The molecule has 28 heavy (non-hydrogen) atoms. The van der Waals surface area contributed by atoms with E-state index in [-0.39, 0.29) is 5.91 Å². The molecule has 0 atom stereocenters. The molecule has 0 aliphatic carbocycles. The molecule has 3 aromatic rings. The van der Waals surface area contributed by atoms with Crippen LogP contribution in [0.15, 0.2) is 59.2 Å². The quantitative estimate of drug-likeness (QED) is 0.737. The molecule has 0 unspecified atom stereocenters. The van der Waals surface area contributed by atoms with Crippen molar-refractivity contribution in [3.8, 4) is 0 Å². The van der Waals surface area contributed by atoms with Gasteiger partial charge >= 0.3 is 0 Å². The van der Waals surface area contributed by atoms with Crippen LogP contribution in [0, 0.1) is 6.92 Å². The highest BCUT2D eigenvalue weighted by atomic mass is 16.3. The molecular formula is C21H23N5O2. The lowest BCUT2D eigenvalue weighted by Gasteiger charge is -2.35. The van der Waals surface area contributed by atoms with E-state index in [1.807, 2.05) is 36.1 Å². The minimum atomic E-state index is -0.0614. The lowest BCUT2D eigenvalue weighted by molar-refractivity contribution is 0.0714. The van der Waals surface area contributed by atoms with Crippen molar-refractivity contribution in [2.24, 2.45) is 0 Å². The van der Waals surface area contributed by atoms with E-state index in [0.29, 0.717) is 25.4 Å². The number of furan rings is 1. The third-order valence-electron chi connectivity index (χ3n) is 4.76. The van der Waals surface area contributed by atoms with Crippen molar-refractivity contribution < 1.29 is 9.21 Å². The fraction of sp³-hybridized carbons (Fsp3) is 0.286. The van der Waals surface area contributed by atoms with Crippen LogP contribution in [0.1, 0.15) is 21.9 Å². The highest BCUT2D eigenvalue weighted by molar-refractivity contribution is 5.91. The van der Waals surface area contributed by atoms with Crippen LogP contribution in [0.3, 0.4) is 0 Å². The fourth-order valence-electron chi connectivity index (χ4n) is 3.29. The van der Waals surface area contributed by atoms with Gasteiger partial charge in [0.2, 0.25) is 0 Å². The van der Waals surface area contributed by atoms with Gasteiger partial charge in [0, 0.05) is 38.8 Å². The monoisotopic (exact) mass is 377 g/mol. The van der Waals surface area contributed by atoms with Crippen LogP contribution >= 0.6 is 0 Å². The first-order valence-electron chi connectivity index (χ1n) is 9.40. The van der Waals surface area contributed by atoms with Gasteiger partial charge in [-0.1, -0.05) is 30.3 Å². The standard InChI is InChI=1S/C21H23N5O2/c1-16-23-19(22-15-17-6-3-2-4-7-17)14-20(24-16)25-9-11-26(12-10-25)21(27)18-8-5-13-28-18/h2-8,13-14H,9-12,15H2,1H3,(H,22,23,24). The second kappa shape index (κ2) is 8.12. The number of amides is 1. The number of aromatic nitrogens is 2. The molecule has 1 amide bonds. The van der Waals surface area contributed by atoms with Crippen LogP contribution in [0.25, 0.3) is 0 Å². The average molecular weight is 377 g/mol. The highest BCUT2D eigenvalue weighted by Gasteiger charge is 2.24. The lowest BCUT2D eigenvalue weighted by atomic mass is 10.2. The Balaban J connectivity index is 1.39. The molecule has 4 rings (SSSR count). The summed E-state index contributed by atoms with van der Waals surface area (Å²) in [5.74, 6) is 2.74. The maximum absolute atomic E-state index is 12.4. The second-order valence-electron chi connectivity index (χ2n) is 6.75. The number of anilines is 2. The Morgan fingerprint density at radius 2 is 1.86 bits per heavy atom. The molecule has 0 spiro atoms. The summed E-state index contributed by atoms with van der Waals surface area (Å²) in [4.78, 5) is 25.5. The highest BCUT2D eigenvalue weighted by Crippen LogP contribution is 2.19. The van der Waals surface area contributed by atoms with E-state index in [4.69, 9.17) is 4.42 Å². The normalized spacial score (nSPS) is 14.2. The van der Waals surface area contributed by atoms with Crippen molar-refractivity contribution in [3.05, 3.63) is 71.9 Å². The minimum absolute atomic E-state index is 0.0614. The van der Waals surface area contributed by atoms with Gasteiger partial charge in [-0.3, -0.25) is 4.79 Å². The smallest absolute Gasteiger partial charge is 0.289 e. The van der Waals surface area contributed by atoms with Gasteiger partial charge in [-0.05, 0) is 24.6 Å². The summed E-state index contributed by atoms with van der Waals surface area (Å²) in [5, 5.41) is 3.37. The molecule has 7 nitrogen and oxygen atoms in total. The number of piperazine rings is 1. The Labute approximate surface area is 164 Å². The largest absolute Gasteiger partial charge is 0.459 e. The Bertz CT molecular complexity index is 919. The van der Waals surface area contributed by atoms with Gasteiger partial charge in [-0.15, -0.1) is 0 Å². The van der Waals surface area contributed by atoms with Gasteiger partial charge in [0.15, 0.2) is 5.76 Å². The number of benzene rings is 1. The van der Waals surface area contributed by atoms with Crippen LogP contribution in [0.4, 0.5) is 11.6 Å². The van der Waals surface area contributed by atoms with E-state index in [0.717, 1.165) is 30.5 Å². The Morgan fingerprint density at radius 1 is 1.07 bits per heavy atom. The fourth-order valence-corrected chi connectivity index (χ4v) is 3.29. The summed E-state index contributed by atoms with van der Waals surface area (Å²) in [6.07, 6.45) is 1.52. The Morgan fingerprint density at radius 3 is 2.57 bits per heavy atom. The summed E-state index contributed by atoms with van der Waals surface area (Å²) >= 11 is 0. The number of hydrogen-bond acceptors (Lipinski definition) is 6. The average Bonchev–Trinajstić information content (AvgIpc) is 3.27. The SMILES string of the molecule is Cc1nc(NCc2ccccc2)cc(N2CCN(C(=O)c3ccco3)CC2)n1. The molecule has 2 aromatic heterocycles. The maximum Gasteiger partial charge on any atom is 0.289 e. The van der Waals surface area contributed by atoms with Gasteiger partial charge in [0.1, 0.15) is 17.5 Å². The molecule has 0 bridgehead atoms. The molecule has 1 aliphatic rings. The van der Waals surface area contributed by atoms with E-state index in [2.05, 4.69) is 32.3 Å². The first-order chi connectivity index (χ1) is 13.7. The molecule has 0 saturated carbocycles. The number of carbonyl (C=O) groups excluding carboxylic acids is 1. The van der Waals surface area contributed by atoms with Crippen molar-refractivity contribution in [2.75, 3.05) is 36.4 Å². The lowest BCUT2D eigenvalue weighted by Crippen LogP contribution is -2.49. The molecular weight excluding hydrogens is 354 g/mol. The number of carbonyl (C=O) groups is 1. The number of aryl methyl sites for hydroxylation is 1. The van der Waals surface area contributed by atoms with Crippen LogP contribution in [-0.4, -0.2) is 47.0 Å². The topological polar surface area (TPSA) is 74.5 Å². The number of nitrogens with one attached hydrogen (secondary N) is 1. The van der Waals surface area contributed by atoms with Gasteiger partial charge in [0.25, 0.3) is 5.91 Å². The summed E-state index contributed by atoms with van der Waals surface area (Å²) in [6, 6.07) is 15.6. The van der Waals surface area contributed by atoms with Crippen LogP contribution in [0.2, 0.25) is 0 Å².